The Balaban J connectivity index is 1.60. The minimum absolute atomic E-state index is 0.310. The van der Waals surface area contributed by atoms with Gasteiger partial charge in [-0.05, 0) is 40.9 Å². The number of thiazole rings is 1. The van der Waals surface area contributed by atoms with E-state index in [2.05, 4.69) is 36.5 Å². The Bertz CT molecular complexity index is 658. The fraction of sp³-hybridized carbons (Fsp3) is 0.357. The van der Waals surface area contributed by atoms with Crippen LogP contribution in [0, 0.1) is 0 Å². The first-order valence-corrected chi connectivity index (χ1v) is 8.69. The lowest BCUT2D eigenvalue weighted by molar-refractivity contribution is 0.213. The number of ether oxygens (including phenoxy) is 1. The number of hydrogen-bond donors (Lipinski definition) is 2. The van der Waals surface area contributed by atoms with E-state index in [-0.39, 0.29) is 0 Å². The van der Waals surface area contributed by atoms with E-state index in [4.69, 9.17) is 4.74 Å². The molecule has 2 aromatic rings. The van der Waals surface area contributed by atoms with Crippen LogP contribution < -0.4 is 15.4 Å². The molecule has 2 aromatic heterocycles. The molecule has 0 unspecified atom stereocenters. The predicted molar refractivity (Wildman–Crippen MR) is 89.6 cm³/mol. The average molecular weight is 383 g/mol. The van der Waals surface area contributed by atoms with E-state index in [1.807, 2.05) is 0 Å². The molecule has 1 amide bonds. The number of pyridine rings is 1. The van der Waals surface area contributed by atoms with Crippen molar-refractivity contribution in [2.45, 2.75) is 31.7 Å². The van der Waals surface area contributed by atoms with Crippen LogP contribution in [0.25, 0.3) is 0 Å². The van der Waals surface area contributed by atoms with Crippen molar-refractivity contribution >= 4 is 44.2 Å². The summed E-state index contributed by atoms with van der Waals surface area (Å²) in [5.41, 5.74) is 1.66. The van der Waals surface area contributed by atoms with Gasteiger partial charge in [-0.15, -0.1) is 11.3 Å². The van der Waals surface area contributed by atoms with E-state index in [0.29, 0.717) is 22.3 Å². The van der Waals surface area contributed by atoms with Crippen molar-refractivity contribution in [1.82, 2.24) is 9.97 Å². The molecule has 6 nitrogen and oxygen atoms in total. The normalized spacial score (nSPS) is 14.8. The van der Waals surface area contributed by atoms with Crippen molar-refractivity contribution in [2.75, 3.05) is 10.6 Å². The molecule has 0 atom stereocenters. The summed E-state index contributed by atoms with van der Waals surface area (Å²) in [5.74, 6) is 0.726. The van der Waals surface area contributed by atoms with Crippen LogP contribution in [0.3, 0.4) is 0 Å². The van der Waals surface area contributed by atoms with Crippen LogP contribution in [0.2, 0.25) is 0 Å². The van der Waals surface area contributed by atoms with Crippen LogP contribution in [0.15, 0.2) is 28.3 Å². The second-order valence-corrected chi connectivity index (χ2v) is 6.64. The minimum Gasteiger partial charge on any atom is -0.388 e. The monoisotopic (exact) mass is 382 g/mol. The van der Waals surface area contributed by atoms with Gasteiger partial charge in [-0.25, -0.2) is 14.8 Å². The van der Waals surface area contributed by atoms with Crippen molar-refractivity contribution in [3.8, 4) is 5.88 Å². The molecule has 0 spiro atoms. The number of hydrogen-bond acceptors (Lipinski definition) is 6. The van der Waals surface area contributed by atoms with Gasteiger partial charge in [0.2, 0.25) is 0 Å². The highest BCUT2D eigenvalue weighted by molar-refractivity contribution is 9.10. The van der Waals surface area contributed by atoms with E-state index in [1.54, 1.807) is 23.7 Å². The molecule has 0 radical (unpaired) electrons. The third kappa shape index (κ3) is 3.95. The fourth-order valence-corrected chi connectivity index (χ4v) is 3.38. The maximum absolute atomic E-state index is 11.9. The molecule has 0 aliphatic heterocycles. The van der Waals surface area contributed by atoms with Gasteiger partial charge >= 0.3 is 6.09 Å². The van der Waals surface area contributed by atoms with Gasteiger partial charge in [-0.1, -0.05) is 18.9 Å². The van der Waals surface area contributed by atoms with Gasteiger partial charge in [0.25, 0.3) is 5.88 Å². The molecular weight excluding hydrogens is 368 g/mol. The van der Waals surface area contributed by atoms with E-state index in [0.717, 1.165) is 17.8 Å². The third-order valence-corrected chi connectivity index (χ3v) is 4.54. The van der Waals surface area contributed by atoms with E-state index >= 15 is 0 Å². The molecule has 1 aliphatic rings. The number of amides is 1. The Kier molecular flexibility index (Phi) is 4.89. The number of nitrogens with zero attached hydrogens (tertiary/aromatic N) is 2. The van der Waals surface area contributed by atoms with Gasteiger partial charge in [0.1, 0.15) is 10.4 Å². The molecule has 0 saturated heterocycles. The molecule has 0 aromatic carbocycles. The zero-order chi connectivity index (χ0) is 15.4. The largest absolute Gasteiger partial charge is 0.419 e. The number of halogens is 1. The Hall–Kier alpha value is -1.67. The summed E-state index contributed by atoms with van der Waals surface area (Å²) in [6.45, 7) is 0. The quantitative estimate of drug-likeness (QED) is 0.772. The van der Waals surface area contributed by atoms with E-state index in [9.17, 15) is 4.79 Å². The molecule has 0 bridgehead atoms. The van der Waals surface area contributed by atoms with Crippen LogP contribution in [0.4, 0.5) is 15.6 Å². The van der Waals surface area contributed by atoms with Crippen LogP contribution in [-0.4, -0.2) is 22.1 Å². The van der Waals surface area contributed by atoms with Crippen molar-refractivity contribution in [2.24, 2.45) is 0 Å². The van der Waals surface area contributed by atoms with Crippen LogP contribution in [0.1, 0.15) is 25.7 Å². The standard InChI is InChI=1S/C14H15BrN4O2S/c15-10-6-3-7-11(18-10)19-14(20)21-12-13(22-8-16-12)17-9-4-1-2-5-9/h3,6-9,17H,1-2,4-5H2,(H,18,19,20). The fourth-order valence-electron chi connectivity index (χ4n) is 2.36. The SMILES string of the molecule is O=C(Nc1cccc(Br)n1)Oc1ncsc1NC1CCCC1. The summed E-state index contributed by atoms with van der Waals surface area (Å²) in [7, 11) is 0. The summed E-state index contributed by atoms with van der Waals surface area (Å²) in [4.78, 5) is 20.1. The Labute approximate surface area is 140 Å². The molecule has 1 aliphatic carbocycles. The van der Waals surface area contributed by atoms with Gasteiger partial charge in [0.05, 0.1) is 5.51 Å². The maximum atomic E-state index is 11.9. The summed E-state index contributed by atoms with van der Waals surface area (Å²) in [6.07, 6.45) is 4.16. The van der Waals surface area contributed by atoms with Crippen molar-refractivity contribution < 1.29 is 9.53 Å². The van der Waals surface area contributed by atoms with Crippen molar-refractivity contribution in [3.63, 3.8) is 0 Å². The van der Waals surface area contributed by atoms with Crippen LogP contribution in [-0.2, 0) is 0 Å². The molecule has 22 heavy (non-hydrogen) atoms. The highest BCUT2D eigenvalue weighted by Gasteiger charge is 2.19. The predicted octanol–water partition coefficient (Wildman–Crippen LogP) is 4.27. The zero-order valence-electron chi connectivity index (χ0n) is 11.7. The first kappa shape index (κ1) is 15.2. The molecule has 1 fully saturated rings. The molecule has 1 saturated carbocycles. The first-order valence-electron chi connectivity index (χ1n) is 7.02. The molecule has 2 N–H and O–H groups in total. The Morgan fingerprint density at radius 3 is 2.95 bits per heavy atom. The van der Waals surface area contributed by atoms with Gasteiger partial charge in [-0.3, -0.25) is 5.32 Å². The van der Waals surface area contributed by atoms with Gasteiger partial charge in [0.15, 0.2) is 5.00 Å². The highest BCUT2D eigenvalue weighted by Crippen LogP contribution is 2.31. The lowest BCUT2D eigenvalue weighted by Gasteiger charge is -2.12. The maximum Gasteiger partial charge on any atom is 0.419 e. The number of carbonyl (C=O) groups is 1. The summed E-state index contributed by atoms with van der Waals surface area (Å²) in [6, 6.07) is 5.69. The second-order valence-electron chi connectivity index (χ2n) is 4.97. The second kappa shape index (κ2) is 7.06. The Morgan fingerprint density at radius 1 is 1.36 bits per heavy atom. The summed E-state index contributed by atoms with van der Waals surface area (Å²) < 4.78 is 5.91. The molecule has 2 heterocycles. The molecular formula is C14H15BrN4O2S. The van der Waals surface area contributed by atoms with Gasteiger partial charge in [0, 0.05) is 6.04 Å². The van der Waals surface area contributed by atoms with E-state index < -0.39 is 6.09 Å². The minimum atomic E-state index is -0.606. The van der Waals surface area contributed by atoms with Crippen LogP contribution >= 0.6 is 27.3 Å². The number of aromatic nitrogens is 2. The smallest absolute Gasteiger partial charge is 0.388 e. The average Bonchev–Trinajstić information content (AvgIpc) is 3.12. The lowest BCUT2D eigenvalue weighted by atomic mass is 10.2. The number of anilines is 2. The Morgan fingerprint density at radius 2 is 2.18 bits per heavy atom. The van der Waals surface area contributed by atoms with Gasteiger partial charge < -0.3 is 10.1 Å². The van der Waals surface area contributed by atoms with Crippen molar-refractivity contribution in [1.29, 1.82) is 0 Å². The molecule has 3 rings (SSSR count). The zero-order valence-corrected chi connectivity index (χ0v) is 14.1. The first-order chi connectivity index (χ1) is 10.7. The summed E-state index contributed by atoms with van der Waals surface area (Å²) in [5, 5.41) is 6.77. The summed E-state index contributed by atoms with van der Waals surface area (Å²) >= 11 is 4.69. The highest BCUT2D eigenvalue weighted by atomic mass is 79.9. The number of nitrogens with one attached hydrogen (secondary N) is 2. The topological polar surface area (TPSA) is 76.1 Å². The van der Waals surface area contributed by atoms with Gasteiger partial charge in [-0.2, -0.15) is 0 Å². The lowest BCUT2D eigenvalue weighted by Crippen LogP contribution is -2.19. The number of rotatable bonds is 4. The van der Waals surface area contributed by atoms with Crippen LogP contribution in [0.5, 0.6) is 5.88 Å². The molecule has 116 valence electrons. The number of carbonyl (C=O) groups excluding carboxylic acids is 1. The third-order valence-electron chi connectivity index (χ3n) is 3.36. The van der Waals surface area contributed by atoms with Crippen molar-refractivity contribution in [3.05, 3.63) is 28.3 Å². The molecule has 8 heteroatoms. The van der Waals surface area contributed by atoms with E-state index in [1.165, 1.54) is 24.2 Å².